The number of halogens is 1. The Kier molecular flexibility index (Phi) is 7.30. The van der Waals surface area contributed by atoms with Crippen molar-refractivity contribution in [2.24, 2.45) is 0 Å². The van der Waals surface area contributed by atoms with Crippen LogP contribution in [0.25, 0.3) is 0 Å². The Morgan fingerprint density at radius 2 is 1.85 bits per heavy atom. The van der Waals surface area contributed by atoms with Gasteiger partial charge in [-0.3, -0.25) is 0 Å². The summed E-state index contributed by atoms with van der Waals surface area (Å²) in [6, 6.07) is 7.01. The maximum atomic E-state index is 9.92. The Hall–Kier alpha value is -0.810. The summed E-state index contributed by atoms with van der Waals surface area (Å²) in [6.45, 7) is 4.68. The highest BCUT2D eigenvalue weighted by Crippen LogP contribution is 2.16. The average molecular weight is 302 g/mol. The Labute approximate surface area is 125 Å². The molecule has 1 unspecified atom stereocenters. The highest BCUT2D eigenvalue weighted by Gasteiger charge is 2.25. The number of ether oxygens (including phenoxy) is 1. The van der Waals surface area contributed by atoms with E-state index in [0.717, 1.165) is 12.8 Å². The van der Waals surface area contributed by atoms with Crippen LogP contribution in [0.5, 0.6) is 5.75 Å². The number of hydrogen-bond acceptors (Lipinski definition) is 4. The van der Waals surface area contributed by atoms with Gasteiger partial charge in [0.05, 0.1) is 6.61 Å². The van der Waals surface area contributed by atoms with Crippen molar-refractivity contribution in [3.05, 3.63) is 29.3 Å². The summed E-state index contributed by atoms with van der Waals surface area (Å²) in [7, 11) is 0. The molecule has 4 nitrogen and oxygen atoms in total. The summed E-state index contributed by atoms with van der Waals surface area (Å²) >= 11 is 5.78. The summed E-state index contributed by atoms with van der Waals surface area (Å²) in [5.74, 6) is 0.674. The van der Waals surface area contributed by atoms with Crippen LogP contribution in [-0.4, -0.2) is 41.6 Å². The van der Waals surface area contributed by atoms with E-state index in [9.17, 15) is 10.2 Å². The lowest BCUT2D eigenvalue weighted by molar-refractivity contribution is 0.0813. The molecule has 0 aliphatic heterocycles. The molecule has 0 radical (unpaired) electrons. The molecule has 0 aliphatic carbocycles. The molecule has 0 amide bonds. The second-order valence-electron chi connectivity index (χ2n) is 4.95. The first-order valence-electron chi connectivity index (χ1n) is 6.97. The Morgan fingerprint density at radius 1 is 1.25 bits per heavy atom. The first-order valence-corrected chi connectivity index (χ1v) is 7.35. The average Bonchev–Trinajstić information content (AvgIpc) is 2.48. The maximum Gasteiger partial charge on any atom is 0.119 e. The van der Waals surface area contributed by atoms with Crippen LogP contribution in [0.15, 0.2) is 24.3 Å². The van der Waals surface area contributed by atoms with Crippen molar-refractivity contribution in [1.82, 2.24) is 5.32 Å². The van der Waals surface area contributed by atoms with Gasteiger partial charge in [0.25, 0.3) is 0 Å². The lowest BCUT2D eigenvalue weighted by Crippen LogP contribution is -2.50. The minimum Gasteiger partial charge on any atom is -0.491 e. The summed E-state index contributed by atoms with van der Waals surface area (Å²) < 4.78 is 5.48. The molecule has 20 heavy (non-hydrogen) atoms. The molecule has 0 aromatic heterocycles. The van der Waals surface area contributed by atoms with E-state index in [2.05, 4.69) is 5.32 Å². The van der Waals surface area contributed by atoms with Crippen LogP contribution in [0.1, 0.15) is 26.7 Å². The van der Waals surface area contributed by atoms with E-state index >= 15 is 0 Å². The Bertz CT molecular complexity index is 371. The van der Waals surface area contributed by atoms with Crippen LogP contribution in [0.4, 0.5) is 0 Å². The van der Waals surface area contributed by atoms with E-state index in [1.807, 2.05) is 13.8 Å². The zero-order valence-electron chi connectivity index (χ0n) is 12.1. The van der Waals surface area contributed by atoms with Crippen LogP contribution >= 0.6 is 11.6 Å². The van der Waals surface area contributed by atoms with Crippen molar-refractivity contribution in [3.63, 3.8) is 0 Å². The van der Waals surface area contributed by atoms with E-state index in [1.54, 1.807) is 24.3 Å². The van der Waals surface area contributed by atoms with Crippen LogP contribution in [0.3, 0.4) is 0 Å². The first-order chi connectivity index (χ1) is 9.55. The molecule has 0 aliphatic rings. The summed E-state index contributed by atoms with van der Waals surface area (Å²) in [6.07, 6.45) is 0.991. The Morgan fingerprint density at radius 3 is 2.35 bits per heavy atom. The molecule has 114 valence electrons. The summed E-state index contributed by atoms with van der Waals surface area (Å²) in [5, 5.41) is 23.2. The third-order valence-electron chi connectivity index (χ3n) is 3.62. The van der Waals surface area contributed by atoms with E-state index < -0.39 is 6.10 Å². The maximum absolute atomic E-state index is 9.92. The van der Waals surface area contributed by atoms with Crippen molar-refractivity contribution >= 4 is 11.6 Å². The zero-order chi connectivity index (χ0) is 15.0. The number of aliphatic hydroxyl groups is 2. The van der Waals surface area contributed by atoms with Crippen molar-refractivity contribution in [2.75, 3.05) is 19.8 Å². The molecule has 0 saturated carbocycles. The van der Waals surface area contributed by atoms with Crippen molar-refractivity contribution in [3.8, 4) is 5.75 Å². The monoisotopic (exact) mass is 301 g/mol. The lowest BCUT2D eigenvalue weighted by Gasteiger charge is -2.32. The van der Waals surface area contributed by atoms with Gasteiger partial charge >= 0.3 is 0 Å². The van der Waals surface area contributed by atoms with Crippen LogP contribution < -0.4 is 10.1 Å². The largest absolute Gasteiger partial charge is 0.491 e. The minimum absolute atomic E-state index is 0.0603. The van der Waals surface area contributed by atoms with E-state index in [0.29, 0.717) is 17.3 Å². The van der Waals surface area contributed by atoms with Crippen molar-refractivity contribution in [2.45, 2.75) is 38.3 Å². The molecular formula is C15H24ClNO3. The minimum atomic E-state index is -0.630. The second kappa shape index (κ2) is 8.47. The second-order valence-corrected chi connectivity index (χ2v) is 5.38. The number of rotatable bonds is 9. The number of aliphatic hydroxyl groups excluding tert-OH is 2. The highest BCUT2D eigenvalue weighted by molar-refractivity contribution is 6.30. The third-order valence-corrected chi connectivity index (χ3v) is 3.88. The van der Waals surface area contributed by atoms with Crippen LogP contribution in [0.2, 0.25) is 5.02 Å². The predicted octanol–water partition coefficient (Wildman–Crippen LogP) is 2.22. The number of β-amino-alcohol motifs (C(OH)–C–C–N with tert-alkyl or cyclic N) is 1. The fraction of sp³-hybridized carbons (Fsp3) is 0.600. The smallest absolute Gasteiger partial charge is 0.119 e. The topological polar surface area (TPSA) is 61.7 Å². The van der Waals surface area contributed by atoms with Gasteiger partial charge in [0.1, 0.15) is 18.5 Å². The van der Waals surface area contributed by atoms with Crippen molar-refractivity contribution < 1.29 is 14.9 Å². The van der Waals surface area contributed by atoms with Gasteiger partial charge in [-0.25, -0.2) is 0 Å². The molecule has 5 heteroatoms. The summed E-state index contributed by atoms with van der Waals surface area (Å²) in [4.78, 5) is 0. The number of nitrogens with one attached hydrogen (secondary N) is 1. The molecule has 0 bridgehead atoms. The molecule has 3 N–H and O–H groups in total. The molecule has 0 spiro atoms. The van der Waals surface area contributed by atoms with Gasteiger partial charge in [-0.1, -0.05) is 25.4 Å². The molecule has 0 saturated heterocycles. The first kappa shape index (κ1) is 17.2. The van der Waals surface area contributed by atoms with Gasteiger partial charge in [-0.15, -0.1) is 0 Å². The van der Waals surface area contributed by atoms with Crippen LogP contribution in [0, 0.1) is 0 Å². The number of hydrogen-bond donors (Lipinski definition) is 3. The fourth-order valence-electron chi connectivity index (χ4n) is 1.90. The van der Waals surface area contributed by atoms with Crippen LogP contribution in [-0.2, 0) is 0 Å². The van der Waals surface area contributed by atoms with Gasteiger partial charge in [0.15, 0.2) is 0 Å². The standard InChI is InChI=1S/C15H24ClNO3/c1-3-15(4-2,11-18)17-9-13(19)10-20-14-7-5-12(16)6-8-14/h5-8,13,17-19H,3-4,9-11H2,1-2H3. The quantitative estimate of drug-likeness (QED) is 0.654. The summed E-state index contributed by atoms with van der Waals surface area (Å²) in [5.41, 5.74) is -0.318. The highest BCUT2D eigenvalue weighted by atomic mass is 35.5. The third kappa shape index (κ3) is 5.29. The normalized spacial score (nSPS) is 13.2. The lowest BCUT2D eigenvalue weighted by atomic mass is 9.94. The van der Waals surface area contributed by atoms with E-state index in [-0.39, 0.29) is 18.8 Å². The van der Waals surface area contributed by atoms with E-state index in [1.165, 1.54) is 0 Å². The number of benzene rings is 1. The predicted molar refractivity (Wildman–Crippen MR) is 81.4 cm³/mol. The van der Waals surface area contributed by atoms with Gasteiger partial charge in [-0.2, -0.15) is 0 Å². The molecular weight excluding hydrogens is 278 g/mol. The SMILES string of the molecule is CCC(CC)(CO)NCC(O)COc1ccc(Cl)cc1. The molecule has 1 aromatic rings. The Balaban J connectivity index is 2.36. The molecule has 0 fully saturated rings. The van der Waals surface area contributed by atoms with E-state index in [4.69, 9.17) is 16.3 Å². The molecule has 1 aromatic carbocycles. The van der Waals surface area contributed by atoms with Crippen molar-refractivity contribution in [1.29, 1.82) is 0 Å². The molecule has 1 rings (SSSR count). The van der Waals surface area contributed by atoms with Gasteiger partial charge in [0, 0.05) is 17.1 Å². The van der Waals surface area contributed by atoms with Gasteiger partial charge in [-0.05, 0) is 37.1 Å². The molecule has 0 heterocycles. The fourth-order valence-corrected chi connectivity index (χ4v) is 2.02. The van der Waals surface area contributed by atoms with Gasteiger partial charge < -0.3 is 20.3 Å². The molecule has 1 atom stereocenters. The van der Waals surface area contributed by atoms with Gasteiger partial charge in [0.2, 0.25) is 0 Å². The zero-order valence-corrected chi connectivity index (χ0v) is 12.9.